The van der Waals surface area contributed by atoms with Crippen LogP contribution in [0.25, 0.3) is 22.0 Å². The molecule has 0 atom stereocenters. The lowest BCUT2D eigenvalue weighted by Gasteiger charge is -2.18. The maximum atomic E-state index is 12.6. The Hall–Kier alpha value is -4.27. The van der Waals surface area contributed by atoms with Crippen LogP contribution in [-0.4, -0.2) is 54.1 Å². The lowest BCUT2D eigenvalue weighted by atomic mass is 9.92. The van der Waals surface area contributed by atoms with Crippen LogP contribution in [0.5, 0.6) is 23.0 Å². The van der Waals surface area contributed by atoms with E-state index in [1.807, 2.05) is 16.8 Å². The Morgan fingerprint density at radius 2 is 1.63 bits per heavy atom. The predicted molar refractivity (Wildman–Crippen MR) is 131 cm³/mol. The number of carboxylic acids is 1. The normalized spacial score (nSPS) is 10.9. The second-order valence-corrected chi connectivity index (χ2v) is 7.81. The van der Waals surface area contributed by atoms with Gasteiger partial charge in [-0.05, 0) is 36.6 Å². The minimum Gasteiger partial charge on any atom is -0.493 e. The molecule has 0 unspecified atom stereocenters. The number of rotatable bonds is 10. The number of ether oxygens (including phenoxy) is 4. The van der Waals surface area contributed by atoms with Gasteiger partial charge in [0.05, 0.1) is 51.5 Å². The minimum absolute atomic E-state index is 0.141. The third-order valence-corrected chi connectivity index (χ3v) is 5.84. The first-order valence-electron chi connectivity index (χ1n) is 11.0. The monoisotopic (exact) mass is 477 g/mol. The van der Waals surface area contributed by atoms with Crippen LogP contribution in [0.15, 0.2) is 49.1 Å². The summed E-state index contributed by atoms with van der Waals surface area (Å²) in [7, 11) is 6.18. The lowest BCUT2D eigenvalue weighted by Crippen LogP contribution is -2.10. The van der Waals surface area contributed by atoms with E-state index >= 15 is 0 Å². The maximum absolute atomic E-state index is 12.6. The van der Waals surface area contributed by atoms with Crippen LogP contribution in [0, 0.1) is 0 Å². The standard InChI is InChI=1S/C26H27N3O6/c1-32-20-8-7-16(12-21(20)33-2)24-17-13-22(34-3)23(35-4)14-19(17)28-18(25(24)26(30)31)6-5-10-29-11-9-27-15-29/h7-9,11-15H,5-6,10H2,1-4H3,(H,30,31). The molecule has 35 heavy (non-hydrogen) atoms. The smallest absolute Gasteiger partial charge is 0.338 e. The van der Waals surface area contributed by atoms with Crippen LogP contribution >= 0.6 is 0 Å². The summed E-state index contributed by atoms with van der Waals surface area (Å²) in [6, 6.07) is 8.87. The molecule has 9 heteroatoms. The number of carboxylic acid groups (broad SMARTS) is 1. The van der Waals surface area contributed by atoms with Gasteiger partial charge in [0.2, 0.25) is 0 Å². The fourth-order valence-corrected chi connectivity index (χ4v) is 4.19. The van der Waals surface area contributed by atoms with Crippen LogP contribution < -0.4 is 18.9 Å². The molecular weight excluding hydrogens is 450 g/mol. The van der Waals surface area contributed by atoms with Gasteiger partial charge in [-0.25, -0.2) is 9.78 Å². The van der Waals surface area contributed by atoms with Gasteiger partial charge in [0.25, 0.3) is 0 Å². The number of pyridine rings is 1. The lowest BCUT2D eigenvalue weighted by molar-refractivity contribution is 0.0696. The van der Waals surface area contributed by atoms with Crippen LogP contribution in [-0.2, 0) is 13.0 Å². The Kier molecular flexibility index (Phi) is 7.05. The molecule has 0 fully saturated rings. The molecule has 0 saturated carbocycles. The van der Waals surface area contributed by atoms with Crippen molar-refractivity contribution in [2.24, 2.45) is 0 Å². The van der Waals surface area contributed by atoms with E-state index in [1.54, 1.807) is 58.1 Å². The van der Waals surface area contributed by atoms with Gasteiger partial charge in [0.1, 0.15) is 0 Å². The molecular formula is C26H27N3O6. The number of aromatic carboxylic acids is 1. The molecule has 0 bridgehead atoms. The van der Waals surface area contributed by atoms with Crippen LogP contribution in [0.2, 0.25) is 0 Å². The summed E-state index contributed by atoms with van der Waals surface area (Å²) < 4.78 is 23.8. The molecule has 0 amide bonds. The molecule has 4 aromatic rings. The van der Waals surface area contributed by atoms with Gasteiger partial charge in [0, 0.05) is 36.0 Å². The first-order valence-corrected chi connectivity index (χ1v) is 11.0. The van der Waals surface area contributed by atoms with Crippen molar-refractivity contribution in [2.45, 2.75) is 19.4 Å². The number of aryl methyl sites for hydroxylation is 2. The number of carbonyl (C=O) groups is 1. The third-order valence-electron chi connectivity index (χ3n) is 5.84. The molecule has 4 rings (SSSR count). The number of methoxy groups -OCH3 is 4. The van der Waals surface area contributed by atoms with E-state index in [4.69, 9.17) is 23.9 Å². The largest absolute Gasteiger partial charge is 0.493 e. The van der Waals surface area contributed by atoms with Crippen LogP contribution in [0.3, 0.4) is 0 Å². The van der Waals surface area contributed by atoms with E-state index in [0.717, 1.165) is 0 Å². The second-order valence-electron chi connectivity index (χ2n) is 7.81. The van der Waals surface area contributed by atoms with Crippen molar-refractivity contribution < 1.29 is 28.8 Å². The highest BCUT2D eigenvalue weighted by molar-refractivity contribution is 6.08. The number of hydrogen-bond acceptors (Lipinski definition) is 7. The first-order chi connectivity index (χ1) is 17.0. The Balaban J connectivity index is 1.96. The van der Waals surface area contributed by atoms with Gasteiger partial charge in [-0.1, -0.05) is 6.07 Å². The first kappa shape index (κ1) is 23.9. The van der Waals surface area contributed by atoms with Gasteiger partial charge in [-0.3, -0.25) is 4.98 Å². The average Bonchev–Trinajstić information content (AvgIpc) is 3.40. The Bertz CT molecular complexity index is 1350. The number of nitrogens with zero attached hydrogens (tertiary/aromatic N) is 3. The predicted octanol–water partition coefficient (Wildman–Crippen LogP) is 4.46. The van der Waals surface area contributed by atoms with E-state index in [1.165, 1.54) is 7.11 Å². The molecule has 0 aliphatic carbocycles. The van der Waals surface area contributed by atoms with Crippen molar-refractivity contribution in [3.63, 3.8) is 0 Å². The second kappa shape index (κ2) is 10.3. The molecule has 9 nitrogen and oxygen atoms in total. The fourth-order valence-electron chi connectivity index (χ4n) is 4.19. The molecule has 0 aliphatic rings. The summed E-state index contributed by atoms with van der Waals surface area (Å²) in [6.45, 7) is 0.691. The number of hydrogen-bond donors (Lipinski definition) is 1. The third kappa shape index (κ3) is 4.70. The average molecular weight is 478 g/mol. The van der Waals surface area contributed by atoms with E-state index in [-0.39, 0.29) is 5.56 Å². The summed E-state index contributed by atoms with van der Waals surface area (Å²) in [5.41, 5.74) is 2.43. The summed E-state index contributed by atoms with van der Waals surface area (Å²) in [5.74, 6) is 0.974. The van der Waals surface area contributed by atoms with Crippen molar-refractivity contribution in [2.75, 3.05) is 28.4 Å². The van der Waals surface area contributed by atoms with Gasteiger partial charge in [-0.15, -0.1) is 0 Å². The Labute approximate surface area is 202 Å². The molecule has 182 valence electrons. The zero-order chi connectivity index (χ0) is 24.9. The molecule has 0 spiro atoms. The summed E-state index contributed by atoms with van der Waals surface area (Å²) in [6.07, 6.45) is 6.47. The Morgan fingerprint density at radius 3 is 2.26 bits per heavy atom. The molecule has 1 N–H and O–H groups in total. The molecule has 0 radical (unpaired) electrons. The molecule has 2 aromatic heterocycles. The highest BCUT2D eigenvalue weighted by atomic mass is 16.5. The molecule has 0 aliphatic heterocycles. The summed E-state index contributed by atoms with van der Waals surface area (Å²) in [4.78, 5) is 21.5. The van der Waals surface area contributed by atoms with Crippen molar-refractivity contribution in [1.29, 1.82) is 0 Å². The van der Waals surface area contributed by atoms with E-state index < -0.39 is 5.97 Å². The summed E-state index contributed by atoms with van der Waals surface area (Å²) in [5, 5.41) is 11.0. The van der Waals surface area contributed by atoms with Gasteiger partial charge in [-0.2, -0.15) is 0 Å². The van der Waals surface area contributed by atoms with E-state index in [2.05, 4.69) is 4.98 Å². The fraction of sp³-hybridized carbons (Fsp3) is 0.269. The van der Waals surface area contributed by atoms with Gasteiger partial charge in [0.15, 0.2) is 23.0 Å². The highest BCUT2D eigenvalue weighted by Gasteiger charge is 2.24. The number of benzene rings is 2. The van der Waals surface area contributed by atoms with E-state index in [9.17, 15) is 9.90 Å². The number of aromatic nitrogens is 3. The zero-order valence-electron chi connectivity index (χ0n) is 20.1. The van der Waals surface area contributed by atoms with Crippen molar-refractivity contribution in [1.82, 2.24) is 14.5 Å². The summed E-state index contributed by atoms with van der Waals surface area (Å²) >= 11 is 0. The van der Waals surface area contributed by atoms with Crippen molar-refractivity contribution in [3.8, 4) is 34.1 Å². The maximum Gasteiger partial charge on any atom is 0.338 e. The van der Waals surface area contributed by atoms with Crippen molar-refractivity contribution >= 4 is 16.9 Å². The number of imidazole rings is 1. The minimum atomic E-state index is -1.06. The van der Waals surface area contributed by atoms with Gasteiger partial charge < -0.3 is 28.6 Å². The molecule has 0 saturated heterocycles. The molecule has 2 aromatic carbocycles. The number of fused-ring (bicyclic) bond motifs is 1. The van der Waals surface area contributed by atoms with Crippen molar-refractivity contribution in [3.05, 3.63) is 60.3 Å². The van der Waals surface area contributed by atoms with Crippen LogP contribution in [0.4, 0.5) is 0 Å². The van der Waals surface area contributed by atoms with E-state index in [0.29, 0.717) is 70.1 Å². The quantitative estimate of drug-likeness (QED) is 0.357. The van der Waals surface area contributed by atoms with Gasteiger partial charge >= 0.3 is 5.97 Å². The SMILES string of the molecule is COc1ccc(-c2c(C(=O)O)c(CCCn3ccnc3)nc3cc(OC)c(OC)cc23)cc1OC. The topological polar surface area (TPSA) is 105 Å². The highest BCUT2D eigenvalue weighted by Crippen LogP contribution is 2.41. The Morgan fingerprint density at radius 1 is 0.943 bits per heavy atom. The molecule has 2 heterocycles. The van der Waals surface area contributed by atoms with Crippen LogP contribution in [0.1, 0.15) is 22.5 Å². The zero-order valence-corrected chi connectivity index (χ0v) is 20.1.